The third kappa shape index (κ3) is 3.82. The Kier molecular flexibility index (Phi) is 5.34. The van der Waals surface area contributed by atoms with Crippen molar-refractivity contribution in [2.45, 2.75) is 23.6 Å². The molecule has 0 spiro atoms. The molecule has 0 amide bonds. The van der Waals surface area contributed by atoms with E-state index in [1.165, 1.54) is 35.1 Å². The van der Waals surface area contributed by atoms with Crippen LogP contribution < -0.4 is 15.5 Å². The zero-order valence-corrected chi connectivity index (χ0v) is 17.9. The van der Waals surface area contributed by atoms with E-state index in [1.807, 2.05) is 4.90 Å². The number of nitrogen functional groups attached to an aromatic ring is 1. The SMILES string of the molecule is Cc1ccc(C)c(N2CCN(c3ncc(S(=O)(=O)c4ccccc4)c(N)n3)CC2)c1. The maximum atomic E-state index is 12.8. The van der Waals surface area contributed by atoms with Crippen LogP contribution in [0, 0.1) is 13.8 Å². The van der Waals surface area contributed by atoms with Gasteiger partial charge in [-0.15, -0.1) is 0 Å². The molecule has 0 unspecified atom stereocenters. The van der Waals surface area contributed by atoms with Gasteiger partial charge in [0.15, 0.2) is 0 Å². The molecular weight excluding hydrogens is 398 g/mol. The molecule has 8 heteroatoms. The summed E-state index contributed by atoms with van der Waals surface area (Å²) in [5.41, 5.74) is 9.78. The summed E-state index contributed by atoms with van der Waals surface area (Å²) < 4.78 is 25.6. The highest BCUT2D eigenvalue weighted by Gasteiger charge is 2.25. The second kappa shape index (κ2) is 7.95. The number of nitrogens with zero attached hydrogens (tertiary/aromatic N) is 4. The van der Waals surface area contributed by atoms with E-state index in [4.69, 9.17) is 5.73 Å². The standard InChI is InChI=1S/C22H25N5O2S/c1-16-8-9-17(2)19(14-16)26-10-12-27(13-11-26)22-24-15-20(21(23)25-22)30(28,29)18-6-4-3-5-7-18/h3-9,14-15H,10-13H2,1-2H3,(H2,23,24,25). The van der Waals surface area contributed by atoms with Crippen molar-refractivity contribution in [3.63, 3.8) is 0 Å². The number of rotatable bonds is 4. The van der Waals surface area contributed by atoms with Gasteiger partial charge in [-0.1, -0.05) is 30.3 Å². The van der Waals surface area contributed by atoms with Gasteiger partial charge in [0.1, 0.15) is 10.7 Å². The van der Waals surface area contributed by atoms with Crippen molar-refractivity contribution in [3.05, 3.63) is 65.9 Å². The molecule has 3 aromatic rings. The number of anilines is 3. The Morgan fingerprint density at radius 2 is 1.60 bits per heavy atom. The van der Waals surface area contributed by atoms with Gasteiger partial charge in [-0.2, -0.15) is 4.98 Å². The van der Waals surface area contributed by atoms with E-state index in [1.54, 1.807) is 18.2 Å². The Bertz CT molecular complexity index is 1160. The van der Waals surface area contributed by atoms with Crippen LogP contribution in [0.5, 0.6) is 0 Å². The molecule has 0 radical (unpaired) electrons. The molecule has 0 aliphatic carbocycles. The first-order chi connectivity index (χ1) is 14.4. The molecule has 7 nitrogen and oxygen atoms in total. The van der Waals surface area contributed by atoms with Crippen LogP contribution in [-0.4, -0.2) is 44.6 Å². The molecule has 1 aliphatic rings. The summed E-state index contributed by atoms with van der Waals surface area (Å²) in [7, 11) is -3.75. The minimum atomic E-state index is -3.75. The molecule has 156 valence electrons. The van der Waals surface area contributed by atoms with Gasteiger partial charge in [-0.3, -0.25) is 0 Å². The lowest BCUT2D eigenvalue weighted by molar-refractivity contribution is 0.595. The number of benzene rings is 2. The molecular formula is C22H25N5O2S. The monoisotopic (exact) mass is 423 g/mol. The summed E-state index contributed by atoms with van der Waals surface area (Å²) in [5, 5.41) is 0. The van der Waals surface area contributed by atoms with E-state index >= 15 is 0 Å². The van der Waals surface area contributed by atoms with E-state index in [2.05, 4.69) is 46.9 Å². The summed E-state index contributed by atoms with van der Waals surface area (Å²) in [5.74, 6) is 0.431. The van der Waals surface area contributed by atoms with Gasteiger partial charge in [-0.05, 0) is 43.2 Å². The molecule has 30 heavy (non-hydrogen) atoms. The van der Waals surface area contributed by atoms with Crippen LogP contribution in [0.1, 0.15) is 11.1 Å². The second-order valence-electron chi connectivity index (χ2n) is 7.50. The predicted molar refractivity (Wildman–Crippen MR) is 119 cm³/mol. The zero-order valence-electron chi connectivity index (χ0n) is 17.1. The molecule has 2 aromatic carbocycles. The number of nitrogens with two attached hydrogens (primary N) is 1. The Morgan fingerprint density at radius 3 is 2.27 bits per heavy atom. The van der Waals surface area contributed by atoms with Crippen LogP contribution in [0.2, 0.25) is 0 Å². The summed E-state index contributed by atoms with van der Waals surface area (Å²) >= 11 is 0. The fourth-order valence-electron chi connectivity index (χ4n) is 3.67. The zero-order chi connectivity index (χ0) is 21.3. The average molecular weight is 424 g/mol. The first kappa shape index (κ1) is 20.2. The Labute approximate surface area is 177 Å². The second-order valence-corrected chi connectivity index (χ2v) is 9.42. The number of sulfone groups is 1. The van der Waals surface area contributed by atoms with Gasteiger partial charge >= 0.3 is 0 Å². The van der Waals surface area contributed by atoms with Gasteiger partial charge in [-0.25, -0.2) is 13.4 Å². The highest BCUT2D eigenvalue weighted by atomic mass is 32.2. The lowest BCUT2D eigenvalue weighted by Crippen LogP contribution is -2.47. The molecule has 1 aromatic heterocycles. The summed E-state index contributed by atoms with van der Waals surface area (Å²) in [6.45, 7) is 7.35. The minimum Gasteiger partial charge on any atom is -0.382 e. The predicted octanol–water partition coefficient (Wildman–Crippen LogP) is 2.84. The van der Waals surface area contributed by atoms with E-state index in [9.17, 15) is 8.42 Å². The molecule has 2 heterocycles. The van der Waals surface area contributed by atoms with Gasteiger partial charge in [0.2, 0.25) is 15.8 Å². The van der Waals surface area contributed by atoms with Crippen LogP contribution in [0.4, 0.5) is 17.5 Å². The molecule has 0 saturated carbocycles. The van der Waals surface area contributed by atoms with Gasteiger partial charge in [0, 0.05) is 31.9 Å². The van der Waals surface area contributed by atoms with Crippen molar-refractivity contribution in [2.75, 3.05) is 41.7 Å². The Morgan fingerprint density at radius 1 is 0.933 bits per heavy atom. The number of aryl methyl sites for hydroxylation is 2. The van der Waals surface area contributed by atoms with Gasteiger partial charge < -0.3 is 15.5 Å². The number of hydrogen-bond acceptors (Lipinski definition) is 7. The summed E-state index contributed by atoms with van der Waals surface area (Å²) in [6.07, 6.45) is 1.32. The van der Waals surface area contributed by atoms with Crippen LogP contribution in [-0.2, 0) is 9.84 Å². The van der Waals surface area contributed by atoms with E-state index in [0.29, 0.717) is 5.95 Å². The van der Waals surface area contributed by atoms with Crippen LogP contribution in [0.15, 0.2) is 64.5 Å². The first-order valence-corrected chi connectivity index (χ1v) is 11.3. The smallest absolute Gasteiger partial charge is 0.227 e. The molecule has 1 saturated heterocycles. The fourth-order valence-corrected chi connectivity index (χ4v) is 4.95. The average Bonchev–Trinajstić information content (AvgIpc) is 2.76. The van der Waals surface area contributed by atoms with Crippen molar-refractivity contribution >= 4 is 27.3 Å². The Hall–Kier alpha value is -3.13. The molecule has 2 N–H and O–H groups in total. The van der Waals surface area contributed by atoms with Crippen molar-refractivity contribution in [1.29, 1.82) is 0 Å². The molecule has 0 bridgehead atoms. The van der Waals surface area contributed by atoms with Gasteiger partial charge in [0.25, 0.3) is 0 Å². The van der Waals surface area contributed by atoms with Crippen LogP contribution in [0.3, 0.4) is 0 Å². The molecule has 4 rings (SSSR count). The first-order valence-electron chi connectivity index (χ1n) is 9.86. The topological polar surface area (TPSA) is 92.4 Å². The fraction of sp³-hybridized carbons (Fsp3) is 0.273. The third-order valence-corrected chi connectivity index (χ3v) is 7.17. The van der Waals surface area contributed by atoms with E-state index in [-0.39, 0.29) is 15.6 Å². The minimum absolute atomic E-state index is 0.0270. The van der Waals surface area contributed by atoms with E-state index < -0.39 is 9.84 Å². The van der Waals surface area contributed by atoms with Crippen molar-refractivity contribution in [3.8, 4) is 0 Å². The molecule has 0 atom stereocenters. The highest BCUT2D eigenvalue weighted by molar-refractivity contribution is 7.91. The molecule has 1 aliphatic heterocycles. The maximum Gasteiger partial charge on any atom is 0.227 e. The third-order valence-electron chi connectivity index (χ3n) is 5.38. The number of aromatic nitrogens is 2. The van der Waals surface area contributed by atoms with Crippen molar-refractivity contribution < 1.29 is 8.42 Å². The lowest BCUT2D eigenvalue weighted by Gasteiger charge is -2.37. The number of hydrogen-bond donors (Lipinski definition) is 1. The summed E-state index contributed by atoms with van der Waals surface area (Å²) in [4.78, 5) is 13.1. The van der Waals surface area contributed by atoms with Crippen molar-refractivity contribution in [2.24, 2.45) is 0 Å². The lowest BCUT2D eigenvalue weighted by atomic mass is 10.1. The van der Waals surface area contributed by atoms with Crippen molar-refractivity contribution in [1.82, 2.24) is 9.97 Å². The molecule has 1 fully saturated rings. The van der Waals surface area contributed by atoms with E-state index in [0.717, 1.165) is 26.2 Å². The normalized spacial score (nSPS) is 14.7. The van der Waals surface area contributed by atoms with Gasteiger partial charge in [0.05, 0.1) is 11.1 Å². The maximum absolute atomic E-state index is 12.8. The Balaban J connectivity index is 1.51. The van der Waals surface area contributed by atoms with Crippen LogP contribution in [0.25, 0.3) is 0 Å². The highest BCUT2D eigenvalue weighted by Crippen LogP contribution is 2.27. The largest absolute Gasteiger partial charge is 0.382 e. The summed E-state index contributed by atoms with van der Waals surface area (Å²) in [6, 6.07) is 14.7. The van der Waals surface area contributed by atoms with Crippen LogP contribution >= 0.6 is 0 Å². The quantitative estimate of drug-likeness (QED) is 0.690. The number of piperazine rings is 1.